The Hall–Kier alpha value is -0.600. The third kappa shape index (κ3) is 3.68. The van der Waals surface area contributed by atoms with E-state index in [2.05, 4.69) is 15.5 Å². The molecule has 17 heavy (non-hydrogen) atoms. The van der Waals surface area contributed by atoms with Crippen molar-refractivity contribution in [3.8, 4) is 0 Å². The first kappa shape index (κ1) is 14.5. The van der Waals surface area contributed by atoms with Gasteiger partial charge in [-0.25, -0.2) is 0 Å². The Morgan fingerprint density at radius 3 is 2.59 bits per heavy atom. The zero-order valence-corrected chi connectivity index (χ0v) is 10.5. The van der Waals surface area contributed by atoms with Gasteiger partial charge in [0.2, 0.25) is 10.1 Å². The highest BCUT2D eigenvalue weighted by molar-refractivity contribution is 7.15. The van der Waals surface area contributed by atoms with Crippen molar-refractivity contribution in [2.75, 3.05) is 31.1 Å². The molecule has 0 bridgehead atoms. The molecule has 0 atom stereocenters. The van der Waals surface area contributed by atoms with Crippen LogP contribution in [-0.2, 0) is 6.18 Å². The SMILES string of the molecule is Cl.FC(F)(F)c1nnc(N2CCCNCC2)s1. The summed E-state index contributed by atoms with van der Waals surface area (Å²) in [5.74, 6) is 0. The summed E-state index contributed by atoms with van der Waals surface area (Å²) < 4.78 is 37.0. The number of nitrogens with zero attached hydrogens (tertiary/aromatic N) is 3. The molecule has 98 valence electrons. The molecule has 1 saturated heterocycles. The first-order chi connectivity index (χ1) is 7.57. The first-order valence-corrected chi connectivity index (χ1v) is 5.75. The van der Waals surface area contributed by atoms with Gasteiger partial charge in [0.25, 0.3) is 0 Å². The lowest BCUT2D eigenvalue weighted by Gasteiger charge is -2.17. The van der Waals surface area contributed by atoms with Crippen molar-refractivity contribution in [3.05, 3.63) is 5.01 Å². The van der Waals surface area contributed by atoms with Crippen LogP contribution >= 0.6 is 23.7 Å². The van der Waals surface area contributed by atoms with Crippen molar-refractivity contribution in [3.63, 3.8) is 0 Å². The molecule has 9 heteroatoms. The van der Waals surface area contributed by atoms with Crippen LogP contribution < -0.4 is 10.2 Å². The quantitative estimate of drug-likeness (QED) is 0.855. The molecule has 0 saturated carbocycles. The fraction of sp³-hybridized carbons (Fsp3) is 0.750. The van der Waals surface area contributed by atoms with E-state index in [0.29, 0.717) is 23.0 Å². The van der Waals surface area contributed by atoms with Crippen LogP contribution in [0.5, 0.6) is 0 Å². The zero-order valence-electron chi connectivity index (χ0n) is 8.83. The maximum absolute atomic E-state index is 12.3. The van der Waals surface area contributed by atoms with Crippen molar-refractivity contribution < 1.29 is 13.2 Å². The lowest BCUT2D eigenvalue weighted by atomic mass is 10.4. The minimum atomic E-state index is -4.39. The highest BCUT2D eigenvalue weighted by Crippen LogP contribution is 2.34. The number of alkyl halides is 3. The second kappa shape index (κ2) is 5.83. The maximum Gasteiger partial charge on any atom is 0.445 e. The number of rotatable bonds is 1. The average molecular weight is 289 g/mol. The minimum Gasteiger partial charge on any atom is -0.345 e. The van der Waals surface area contributed by atoms with Crippen molar-refractivity contribution in [1.29, 1.82) is 0 Å². The van der Waals surface area contributed by atoms with E-state index in [1.54, 1.807) is 0 Å². The summed E-state index contributed by atoms with van der Waals surface area (Å²) >= 11 is 0.607. The monoisotopic (exact) mass is 288 g/mol. The molecule has 0 spiro atoms. The number of hydrogen-bond acceptors (Lipinski definition) is 5. The molecule has 1 aliphatic heterocycles. The second-order valence-corrected chi connectivity index (χ2v) is 4.43. The molecule has 1 aliphatic rings. The van der Waals surface area contributed by atoms with E-state index in [4.69, 9.17) is 0 Å². The van der Waals surface area contributed by atoms with Gasteiger partial charge in [0, 0.05) is 19.6 Å². The van der Waals surface area contributed by atoms with Crippen molar-refractivity contribution in [1.82, 2.24) is 15.5 Å². The standard InChI is InChI=1S/C8H11F3N4S.ClH/c9-8(10,11)6-13-14-7(16-6)15-4-1-2-12-3-5-15;/h12H,1-5H2;1H. The predicted molar refractivity (Wildman–Crippen MR) is 61.9 cm³/mol. The fourth-order valence-electron chi connectivity index (χ4n) is 1.49. The summed E-state index contributed by atoms with van der Waals surface area (Å²) in [6.45, 7) is 3.05. The number of hydrogen-bond donors (Lipinski definition) is 1. The van der Waals surface area contributed by atoms with Crippen molar-refractivity contribution in [2.45, 2.75) is 12.6 Å². The molecule has 0 amide bonds. The Kier molecular flexibility index (Phi) is 4.96. The number of anilines is 1. The van der Waals surface area contributed by atoms with E-state index in [0.717, 1.165) is 26.1 Å². The van der Waals surface area contributed by atoms with Gasteiger partial charge in [-0.05, 0) is 13.0 Å². The first-order valence-electron chi connectivity index (χ1n) is 4.94. The molecular formula is C8H12ClF3N4S. The molecular weight excluding hydrogens is 277 g/mol. The van der Waals surface area contributed by atoms with Gasteiger partial charge in [0.05, 0.1) is 0 Å². The van der Waals surface area contributed by atoms with Crippen LogP contribution in [0.4, 0.5) is 18.3 Å². The van der Waals surface area contributed by atoms with Gasteiger partial charge in [-0.1, -0.05) is 11.3 Å². The normalized spacial score (nSPS) is 17.5. The van der Waals surface area contributed by atoms with Gasteiger partial charge < -0.3 is 10.2 Å². The molecule has 1 N–H and O–H groups in total. The largest absolute Gasteiger partial charge is 0.445 e. The van der Waals surface area contributed by atoms with Gasteiger partial charge in [0.1, 0.15) is 0 Å². The van der Waals surface area contributed by atoms with Gasteiger partial charge >= 0.3 is 6.18 Å². The summed E-state index contributed by atoms with van der Waals surface area (Å²) in [7, 11) is 0. The van der Waals surface area contributed by atoms with E-state index in [1.165, 1.54) is 0 Å². The highest BCUT2D eigenvalue weighted by Gasteiger charge is 2.36. The lowest BCUT2D eigenvalue weighted by molar-refractivity contribution is -0.138. The minimum absolute atomic E-state index is 0. The van der Waals surface area contributed by atoms with Gasteiger partial charge in [-0.2, -0.15) is 13.2 Å². The third-order valence-electron chi connectivity index (χ3n) is 2.27. The van der Waals surface area contributed by atoms with Crippen molar-refractivity contribution in [2.24, 2.45) is 0 Å². The smallest absolute Gasteiger partial charge is 0.345 e. The zero-order chi connectivity index (χ0) is 11.6. The van der Waals surface area contributed by atoms with Gasteiger partial charge in [0.15, 0.2) is 0 Å². The molecule has 0 aliphatic carbocycles. The number of halogens is 4. The van der Waals surface area contributed by atoms with Crippen molar-refractivity contribution >= 4 is 28.9 Å². The maximum atomic E-state index is 12.3. The van der Waals surface area contributed by atoms with E-state index in [-0.39, 0.29) is 12.4 Å². The number of aromatic nitrogens is 2. The second-order valence-electron chi connectivity index (χ2n) is 3.48. The molecule has 0 aromatic carbocycles. The number of nitrogens with one attached hydrogen (secondary N) is 1. The Labute approximate surface area is 107 Å². The molecule has 4 nitrogen and oxygen atoms in total. The molecule has 2 rings (SSSR count). The van der Waals surface area contributed by atoms with E-state index in [9.17, 15) is 13.2 Å². The van der Waals surface area contributed by atoms with Crippen LogP contribution in [0, 0.1) is 0 Å². The van der Waals surface area contributed by atoms with Crippen LogP contribution in [0.2, 0.25) is 0 Å². The summed E-state index contributed by atoms with van der Waals surface area (Å²) in [6, 6.07) is 0. The van der Waals surface area contributed by atoms with Crippen LogP contribution in [0.15, 0.2) is 0 Å². The predicted octanol–water partition coefficient (Wildman–Crippen LogP) is 1.78. The van der Waals surface area contributed by atoms with Crippen LogP contribution in [0.1, 0.15) is 11.4 Å². The Morgan fingerprint density at radius 2 is 1.94 bits per heavy atom. The Balaban J connectivity index is 0.00000144. The molecule has 1 aromatic rings. The molecule has 2 heterocycles. The summed E-state index contributed by atoms with van der Waals surface area (Å²) in [5.41, 5.74) is 0. The molecule has 1 fully saturated rings. The van der Waals surface area contributed by atoms with Gasteiger partial charge in [-0.3, -0.25) is 0 Å². The Morgan fingerprint density at radius 1 is 1.18 bits per heavy atom. The highest BCUT2D eigenvalue weighted by atomic mass is 35.5. The third-order valence-corrected chi connectivity index (χ3v) is 3.30. The topological polar surface area (TPSA) is 41.1 Å². The lowest BCUT2D eigenvalue weighted by Crippen LogP contribution is -2.27. The van der Waals surface area contributed by atoms with E-state index >= 15 is 0 Å². The van der Waals surface area contributed by atoms with Gasteiger partial charge in [-0.15, -0.1) is 22.6 Å². The average Bonchev–Trinajstić information content (AvgIpc) is 2.55. The van der Waals surface area contributed by atoms with Crippen LogP contribution in [-0.4, -0.2) is 36.4 Å². The molecule has 1 aromatic heterocycles. The van der Waals surface area contributed by atoms with Crippen LogP contribution in [0.25, 0.3) is 0 Å². The van der Waals surface area contributed by atoms with E-state index < -0.39 is 11.2 Å². The summed E-state index contributed by atoms with van der Waals surface area (Å²) in [4.78, 5) is 1.84. The van der Waals surface area contributed by atoms with Crippen LogP contribution in [0.3, 0.4) is 0 Å². The summed E-state index contributed by atoms with van der Waals surface area (Å²) in [6.07, 6.45) is -3.49. The Bertz CT molecular complexity index is 349. The molecule has 0 unspecified atom stereocenters. The fourth-order valence-corrected chi connectivity index (χ4v) is 2.26. The summed E-state index contributed by atoms with van der Waals surface area (Å²) in [5, 5.41) is 9.43. The molecule has 0 radical (unpaired) electrons. The van der Waals surface area contributed by atoms with E-state index in [1.807, 2.05) is 4.90 Å².